The zero-order chi connectivity index (χ0) is 29.5. The molecule has 2 fully saturated rings. The molecular formula is C29H39BClN3O7. The number of aromatic nitrogens is 3. The second-order valence-electron chi connectivity index (χ2n) is 11.8. The van der Waals surface area contributed by atoms with Crippen molar-refractivity contribution in [2.24, 2.45) is 5.92 Å². The maximum absolute atomic E-state index is 10.1. The topological polar surface area (TPSA) is 117 Å². The van der Waals surface area contributed by atoms with E-state index in [1.807, 2.05) is 65.8 Å². The summed E-state index contributed by atoms with van der Waals surface area (Å²) in [7, 11) is -0.469. The van der Waals surface area contributed by atoms with Crippen LogP contribution < -0.4 is 10.2 Å². The number of ether oxygens (including phenoxy) is 3. The lowest BCUT2D eigenvalue weighted by molar-refractivity contribution is -0.0359. The number of aliphatic hydroxyl groups excluding tert-OH is 2. The molecule has 1 aromatic carbocycles. The molecule has 2 aliphatic heterocycles. The van der Waals surface area contributed by atoms with Gasteiger partial charge in [0.25, 0.3) is 0 Å². The lowest BCUT2D eigenvalue weighted by Crippen LogP contribution is -2.41. The van der Waals surface area contributed by atoms with Crippen LogP contribution in [0.2, 0.25) is 5.02 Å². The number of pyridine rings is 1. The van der Waals surface area contributed by atoms with E-state index < -0.39 is 36.6 Å². The number of imidazole rings is 1. The molecule has 10 nitrogen and oxygen atoms in total. The first-order valence-electron chi connectivity index (χ1n) is 14.1. The van der Waals surface area contributed by atoms with Crippen molar-refractivity contribution < 1.29 is 33.7 Å². The fourth-order valence-electron chi connectivity index (χ4n) is 5.01. The van der Waals surface area contributed by atoms with E-state index in [1.165, 1.54) is 0 Å². The van der Waals surface area contributed by atoms with E-state index in [4.69, 9.17) is 40.1 Å². The van der Waals surface area contributed by atoms with Gasteiger partial charge in [0.1, 0.15) is 18.4 Å². The average molecular weight is 588 g/mol. The Labute approximate surface area is 246 Å². The third-order valence-corrected chi connectivity index (χ3v) is 8.59. The molecule has 0 bridgehead atoms. The highest BCUT2D eigenvalue weighted by Crippen LogP contribution is 2.37. The van der Waals surface area contributed by atoms with Crippen LogP contribution in [0.25, 0.3) is 22.4 Å². The molecule has 41 heavy (non-hydrogen) atoms. The smallest absolute Gasteiger partial charge is 0.456 e. The number of fused-ring (bicyclic) bond motifs is 1. The van der Waals surface area contributed by atoms with Gasteiger partial charge in [-0.25, -0.2) is 4.98 Å². The molecule has 0 radical (unpaired) electrons. The standard InChI is InChI=1S/C29H39BClN3O7/c1-7-12-37-16-34-26-21(32-27(34)39-23(14-35)25-17(2)22(36)15-38-25)13-20(31)24(33-26)18-8-10-19(11-9-18)30-40-28(3,4)29(5,6)41-30/h8-11,13,17,22-23,25,35-36H,7,12,14-16H2,1-6H3/t17?,22-,23?,25?/m1/s1. The molecule has 5 rings (SSSR count). The normalized spacial score (nSPS) is 24.3. The molecule has 0 aliphatic carbocycles. The SMILES string of the molecule is CCCOCn1c(OC(CO)C2OC[C@@H](O)C2C)nc2cc(Cl)c(-c3ccc(B4OC(C)(C)C(C)(C)O4)cc3)nc21. The summed E-state index contributed by atoms with van der Waals surface area (Å²) in [4.78, 5) is 9.52. The lowest BCUT2D eigenvalue weighted by atomic mass is 9.79. The van der Waals surface area contributed by atoms with Gasteiger partial charge in [-0.3, -0.25) is 4.57 Å². The van der Waals surface area contributed by atoms with Crippen molar-refractivity contribution in [1.29, 1.82) is 0 Å². The van der Waals surface area contributed by atoms with Crippen LogP contribution in [0.15, 0.2) is 30.3 Å². The summed E-state index contributed by atoms with van der Waals surface area (Å²) in [6.07, 6.45) is -1.01. The summed E-state index contributed by atoms with van der Waals surface area (Å²) in [6.45, 7) is 12.6. The van der Waals surface area contributed by atoms with E-state index in [-0.39, 0.29) is 31.9 Å². The Hall–Kier alpha value is -2.25. The van der Waals surface area contributed by atoms with Crippen LogP contribution in [0.3, 0.4) is 0 Å². The number of benzene rings is 1. The summed E-state index contributed by atoms with van der Waals surface area (Å²) in [5.74, 6) is -0.208. The van der Waals surface area contributed by atoms with Crippen LogP contribution in [0, 0.1) is 5.92 Å². The first-order valence-corrected chi connectivity index (χ1v) is 14.5. The first-order chi connectivity index (χ1) is 19.5. The van der Waals surface area contributed by atoms with E-state index in [2.05, 4.69) is 4.98 Å². The molecular weight excluding hydrogens is 549 g/mol. The van der Waals surface area contributed by atoms with Crippen LogP contribution >= 0.6 is 11.6 Å². The van der Waals surface area contributed by atoms with Gasteiger partial charge in [-0.15, -0.1) is 0 Å². The fraction of sp³-hybridized carbons (Fsp3) is 0.586. The van der Waals surface area contributed by atoms with E-state index in [1.54, 1.807) is 10.6 Å². The minimum atomic E-state index is -0.735. The lowest BCUT2D eigenvalue weighted by Gasteiger charge is -2.32. The molecule has 3 unspecified atom stereocenters. The van der Waals surface area contributed by atoms with Gasteiger partial charge in [-0.2, -0.15) is 4.98 Å². The largest absolute Gasteiger partial charge is 0.494 e. The second-order valence-corrected chi connectivity index (χ2v) is 12.2. The molecule has 0 spiro atoms. The maximum atomic E-state index is 10.1. The third-order valence-electron chi connectivity index (χ3n) is 8.31. The van der Waals surface area contributed by atoms with Gasteiger partial charge in [-0.05, 0) is 45.6 Å². The molecule has 0 amide bonds. The predicted octanol–water partition coefficient (Wildman–Crippen LogP) is 3.57. The molecule has 4 heterocycles. The second kappa shape index (κ2) is 11.8. The van der Waals surface area contributed by atoms with Crippen molar-refractivity contribution in [1.82, 2.24) is 14.5 Å². The van der Waals surface area contributed by atoms with Crippen molar-refractivity contribution in [3.8, 4) is 17.3 Å². The molecule has 12 heteroatoms. The quantitative estimate of drug-likeness (QED) is 0.271. The van der Waals surface area contributed by atoms with Gasteiger partial charge in [0.15, 0.2) is 11.8 Å². The van der Waals surface area contributed by atoms with Crippen LogP contribution in [0.4, 0.5) is 0 Å². The van der Waals surface area contributed by atoms with E-state index in [0.29, 0.717) is 28.5 Å². The summed E-state index contributed by atoms with van der Waals surface area (Å²) in [5, 5.41) is 20.7. The summed E-state index contributed by atoms with van der Waals surface area (Å²) in [6, 6.07) is 9.77. The summed E-state index contributed by atoms with van der Waals surface area (Å²) in [5.41, 5.74) is 2.50. The average Bonchev–Trinajstić information content (AvgIpc) is 3.51. The number of hydrogen-bond donors (Lipinski definition) is 2. The Morgan fingerprint density at radius 3 is 2.41 bits per heavy atom. The summed E-state index contributed by atoms with van der Waals surface area (Å²) < 4.78 is 31.8. The molecule has 2 N–H and O–H groups in total. The zero-order valence-corrected chi connectivity index (χ0v) is 25.2. The van der Waals surface area contributed by atoms with Gasteiger partial charge in [0, 0.05) is 18.1 Å². The third kappa shape index (κ3) is 5.86. The Bertz CT molecular complexity index is 1350. The van der Waals surface area contributed by atoms with Gasteiger partial charge >= 0.3 is 13.1 Å². The van der Waals surface area contributed by atoms with Crippen molar-refractivity contribution in [3.63, 3.8) is 0 Å². The van der Waals surface area contributed by atoms with Crippen molar-refractivity contribution in [3.05, 3.63) is 35.4 Å². The minimum Gasteiger partial charge on any atom is -0.456 e. The number of halogens is 1. The van der Waals surface area contributed by atoms with E-state index in [0.717, 1.165) is 17.4 Å². The van der Waals surface area contributed by atoms with Crippen molar-refractivity contribution in [2.45, 2.75) is 84.2 Å². The highest BCUT2D eigenvalue weighted by molar-refractivity contribution is 6.62. The number of nitrogens with zero attached hydrogens (tertiary/aromatic N) is 3. The fourth-order valence-corrected chi connectivity index (χ4v) is 5.27. The monoisotopic (exact) mass is 587 g/mol. The molecule has 4 atom stereocenters. The van der Waals surface area contributed by atoms with Crippen molar-refractivity contribution in [2.75, 3.05) is 19.8 Å². The van der Waals surface area contributed by atoms with Crippen LogP contribution in [0.1, 0.15) is 48.0 Å². The van der Waals surface area contributed by atoms with Gasteiger partial charge in [0.05, 0.1) is 41.2 Å². The number of rotatable bonds is 10. The minimum absolute atomic E-state index is 0.149. The number of aliphatic hydroxyl groups is 2. The van der Waals surface area contributed by atoms with Crippen molar-refractivity contribution >= 4 is 35.3 Å². The number of hydrogen-bond acceptors (Lipinski definition) is 9. The maximum Gasteiger partial charge on any atom is 0.494 e. The Kier molecular flexibility index (Phi) is 8.69. The molecule has 2 saturated heterocycles. The molecule has 2 aromatic heterocycles. The summed E-state index contributed by atoms with van der Waals surface area (Å²) >= 11 is 6.72. The zero-order valence-electron chi connectivity index (χ0n) is 24.5. The first kappa shape index (κ1) is 30.2. The van der Waals surface area contributed by atoms with Gasteiger partial charge in [-0.1, -0.05) is 49.7 Å². The van der Waals surface area contributed by atoms with Crippen LogP contribution in [0.5, 0.6) is 6.01 Å². The molecule has 0 saturated carbocycles. The van der Waals surface area contributed by atoms with Crippen LogP contribution in [-0.2, 0) is 25.5 Å². The van der Waals surface area contributed by atoms with Gasteiger partial charge < -0.3 is 33.7 Å². The Morgan fingerprint density at radius 1 is 1.15 bits per heavy atom. The highest BCUT2D eigenvalue weighted by Gasteiger charge is 2.51. The Balaban J connectivity index is 1.46. The Morgan fingerprint density at radius 2 is 1.83 bits per heavy atom. The van der Waals surface area contributed by atoms with E-state index >= 15 is 0 Å². The van der Waals surface area contributed by atoms with Crippen LogP contribution in [-0.4, -0.2) is 81.2 Å². The predicted molar refractivity (Wildman–Crippen MR) is 156 cm³/mol. The molecule has 2 aliphatic rings. The van der Waals surface area contributed by atoms with Gasteiger partial charge in [0.2, 0.25) is 0 Å². The highest BCUT2D eigenvalue weighted by atomic mass is 35.5. The van der Waals surface area contributed by atoms with E-state index in [9.17, 15) is 10.2 Å². The molecule has 3 aromatic rings. The molecule has 222 valence electrons.